The highest BCUT2D eigenvalue weighted by Gasteiger charge is 2.25. The molecule has 7 nitrogen and oxygen atoms in total. The minimum absolute atomic E-state index is 0.169. The summed E-state index contributed by atoms with van der Waals surface area (Å²) >= 11 is 6.10. The maximum atomic E-state index is 12.9. The molecule has 1 aliphatic heterocycles. The molecule has 5 rings (SSSR count). The Balaban J connectivity index is 1.32. The van der Waals surface area contributed by atoms with Gasteiger partial charge in [-0.05, 0) is 35.9 Å². The molecular formula is C26H26ClN5O2. The van der Waals surface area contributed by atoms with Gasteiger partial charge < -0.3 is 24.4 Å². The molecule has 0 saturated carbocycles. The number of amides is 2. The number of aromatic nitrogens is 2. The van der Waals surface area contributed by atoms with E-state index in [9.17, 15) is 4.79 Å². The van der Waals surface area contributed by atoms with Crippen molar-refractivity contribution in [2.75, 3.05) is 43.5 Å². The van der Waals surface area contributed by atoms with Gasteiger partial charge in [-0.2, -0.15) is 0 Å². The zero-order valence-electron chi connectivity index (χ0n) is 18.9. The molecule has 3 aromatic carbocycles. The van der Waals surface area contributed by atoms with Crippen molar-refractivity contribution in [3.8, 4) is 5.75 Å². The number of rotatable bonds is 5. The third-order valence-electron chi connectivity index (χ3n) is 6.07. The normalized spacial score (nSPS) is 13.8. The van der Waals surface area contributed by atoms with Gasteiger partial charge in [0.1, 0.15) is 5.75 Å². The number of imidazole rings is 1. The van der Waals surface area contributed by atoms with Gasteiger partial charge in [0.2, 0.25) is 5.95 Å². The lowest BCUT2D eigenvalue weighted by atomic mass is 10.2. The molecule has 174 valence electrons. The zero-order valence-corrected chi connectivity index (χ0v) is 19.7. The number of fused-ring (bicyclic) bond motifs is 1. The number of halogens is 1. The molecule has 0 unspecified atom stereocenters. The molecule has 1 saturated heterocycles. The first-order chi connectivity index (χ1) is 16.6. The number of carbonyl (C=O) groups excluding carboxylic acids is 1. The summed E-state index contributed by atoms with van der Waals surface area (Å²) in [6.07, 6.45) is 0. The summed E-state index contributed by atoms with van der Waals surface area (Å²) in [6.45, 7) is 3.30. The highest BCUT2D eigenvalue weighted by Crippen LogP contribution is 2.29. The van der Waals surface area contributed by atoms with Crippen molar-refractivity contribution in [2.45, 2.75) is 6.54 Å². The number of anilines is 2. The number of nitrogens with one attached hydrogen (secondary N) is 1. The van der Waals surface area contributed by atoms with Crippen LogP contribution in [0.15, 0.2) is 72.8 Å². The number of benzene rings is 3. The van der Waals surface area contributed by atoms with Gasteiger partial charge >= 0.3 is 6.03 Å². The van der Waals surface area contributed by atoms with Gasteiger partial charge in [0.05, 0.1) is 30.4 Å². The van der Waals surface area contributed by atoms with E-state index >= 15 is 0 Å². The van der Waals surface area contributed by atoms with Crippen molar-refractivity contribution in [2.24, 2.45) is 0 Å². The van der Waals surface area contributed by atoms with Crippen molar-refractivity contribution >= 4 is 40.3 Å². The second kappa shape index (κ2) is 9.65. The van der Waals surface area contributed by atoms with Crippen molar-refractivity contribution in [3.63, 3.8) is 0 Å². The fraction of sp³-hybridized carbons (Fsp3) is 0.231. The van der Waals surface area contributed by atoms with Gasteiger partial charge in [0.25, 0.3) is 0 Å². The molecular weight excluding hydrogens is 450 g/mol. The first-order valence-electron chi connectivity index (χ1n) is 11.3. The molecule has 0 bridgehead atoms. The third-order valence-corrected chi connectivity index (χ3v) is 6.31. The van der Waals surface area contributed by atoms with E-state index in [1.807, 2.05) is 24.3 Å². The van der Waals surface area contributed by atoms with E-state index in [1.54, 1.807) is 30.2 Å². The molecule has 1 fully saturated rings. The Morgan fingerprint density at radius 2 is 1.74 bits per heavy atom. The van der Waals surface area contributed by atoms with Crippen molar-refractivity contribution in [1.82, 2.24) is 14.5 Å². The van der Waals surface area contributed by atoms with Crippen LogP contribution in [0.3, 0.4) is 0 Å². The number of ether oxygens (including phenoxy) is 1. The first-order valence-corrected chi connectivity index (χ1v) is 11.6. The van der Waals surface area contributed by atoms with Gasteiger partial charge in [0, 0.05) is 31.2 Å². The molecule has 34 heavy (non-hydrogen) atoms. The highest BCUT2D eigenvalue weighted by molar-refractivity contribution is 6.31. The summed E-state index contributed by atoms with van der Waals surface area (Å²) in [5, 5.41) is 3.47. The van der Waals surface area contributed by atoms with Crippen LogP contribution in [-0.2, 0) is 6.54 Å². The first kappa shape index (κ1) is 22.1. The predicted molar refractivity (Wildman–Crippen MR) is 136 cm³/mol. The molecule has 2 amide bonds. The van der Waals surface area contributed by atoms with Crippen LogP contribution in [0.1, 0.15) is 5.56 Å². The number of para-hydroxylation sites is 2. The fourth-order valence-electron chi connectivity index (χ4n) is 4.31. The monoisotopic (exact) mass is 475 g/mol. The number of nitrogens with zero attached hydrogens (tertiary/aromatic N) is 4. The highest BCUT2D eigenvalue weighted by atomic mass is 35.5. The average Bonchev–Trinajstić information content (AvgIpc) is 3.23. The van der Waals surface area contributed by atoms with Crippen molar-refractivity contribution in [1.29, 1.82) is 0 Å². The lowest BCUT2D eigenvalue weighted by Crippen LogP contribution is -2.50. The summed E-state index contributed by atoms with van der Waals surface area (Å²) in [4.78, 5) is 21.9. The molecule has 0 radical (unpaired) electrons. The largest absolute Gasteiger partial charge is 0.495 e. The van der Waals surface area contributed by atoms with Crippen LogP contribution in [0.4, 0.5) is 16.4 Å². The Bertz CT molecular complexity index is 1300. The van der Waals surface area contributed by atoms with Gasteiger partial charge in [0.15, 0.2) is 0 Å². The summed E-state index contributed by atoms with van der Waals surface area (Å²) in [5.74, 6) is 1.51. The lowest BCUT2D eigenvalue weighted by Gasteiger charge is -2.35. The predicted octanol–water partition coefficient (Wildman–Crippen LogP) is 5.10. The van der Waals surface area contributed by atoms with E-state index in [-0.39, 0.29) is 6.03 Å². The maximum Gasteiger partial charge on any atom is 0.322 e. The Hall–Kier alpha value is -3.71. The number of methoxy groups -OCH3 is 1. The van der Waals surface area contributed by atoms with E-state index in [4.69, 9.17) is 21.3 Å². The lowest BCUT2D eigenvalue weighted by molar-refractivity contribution is 0.207. The van der Waals surface area contributed by atoms with E-state index in [2.05, 4.69) is 45.1 Å². The van der Waals surface area contributed by atoms with Gasteiger partial charge in [-0.3, -0.25) is 0 Å². The van der Waals surface area contributed by atoms with Crippen LogP contribution in [0.5, 0.6) is 5.75 Å². The number of hydrogen-bond donors (Lipinski definition) is 1. The van der Waals surface area contributed by atoms with Crippen LogP contribution in [0, 0.1) is 0 Å². The number of carbonyl (C=O) groups is 1. The molecule has 1 aliphatic rings. The Morgan fingerprint density at radius 1 is 1.00 bits per heavy atom. The second-order valence-corrected chi connectivity index (χ2v) is 8.66. The van der Waals surface area contributed by atoms with E-state index < -0.39 is 0 Å². The van der Waals surface area contributed by atoms with Crippen LogP contribution < -0.4 is 15.0 Å². The number of hydrogen-bond acceptors (Lipinski definition) is 4. The molecule has 0 spiro atoms. The summed E-state index contributed by atoms with van der Waals surface area (Å²) in [7, 11) is 1.57. The van der Waals surface area contributed by atoms with E-state index in [0.717, 1.165) is 23.5 Å². The van der Waals surface area contributed by atoms with Gasteiger partial charge in [-0.15, -0.1) is 0 Å². The number of piperazine rings is 1. The molecule has 0 atom stereocenters. The topological polar surface area (TPSA) is 62.6 Å². The van der Waals surface area contributed by atoms with Gasteiger partial charge in [-0.25, -0.2) is 9.78 Å². The molecule has 1 N–H and O–H groups in total. The Morgan fingerprint density at radius 3 is 2.50 bits per heavy atom. The summed E-state index contributed by atoms with van der Waals surface area (Å²) < 4.78 is 7.60. The van der Waals surface area contributed by atoms with Crippen molar-refractivity contribution < 1.29 is 9.53 Å². The molecule has 1 aromatic heterocycles. The summed E-state index contributed by atoms with van der Waals surface area (Å²) in [5.41, 5.74) is 3.86. The summed E-state index contributed by atoms with van der Waals surface area (Å²) in [6, 6.07) is 23.6. The minimum atomic E-state index is -0.169. The maximum absolute atomic E-state index is 12.9. The van der Waals surface area contributed by atoms with Crippen LogP contribution in [0.25, 0.3) is 11.0 Å². The fourth-order valence-corrected chi connectivity index (χ4v) is 4.48. The SMILES string of the molecule is COc1ccc(Cl)cc1NC(=O)N1CCN(c2nc3ccccc3n2Cc2ccccc2)CC1. The zero-order chi connectivity index (χ0) is 23.5. The van der Waals surface area contributed by atoms with Crippen LogP contribution in [0.2, 0.25) is 5.02 Å². The molecule has 2 heterocycles. The van der Waals surface area contributed by atoms with E-state index in [1.165, 1.54) is 5.56 Å². The molecule has 8 heteroatoms. The standard InChI is InChI=1S/C26H26ClN5O2/c1-34-24-12-11-20(27)17-22(24)29-26(33)31-15-13-30(14-16-31)25-28-21-9-5-6-10-23(21)32(25)18-19-7-3-2-4-8-19/h2-12,17H,13-16,18H2,1H3,(H,29,33). The Labute approximate surface area is 203 Å². The quantitative estimate of drug-likeness (QED) is 0.436. The average molecular weight is 476 g/mol. The third kappa shape index (κ3) is 4.52. The van der Waals surface area contributed by atoms with Crippen LogP contribution in [-0.4, -0.2) is 53.8 Å². The Kier molecular flexibility index (Phi) is 6.27. The molecule has 4 aromatic rings. The van der Waals surface area contributed by atoms with Gasteiger partial charge in [-0.1, -0.05) is 54.1 Å². The molecule has 0 aliphatic carbocycles. The van der Waals surface area contributed by atoms with E-state index in [0.29, 0.717) is 42.6 Å². The smallest absolute Gasteiger partial charge is 0.322 e. The van der Waals surface area contributed by atoms with Crippen molar-refractivity contribution in [3.05, 3.63) is 83.4 Å². The van der Waals surface area contributed by atoms with Crippen LogP contribution >= 0.6 is 11.6 Å². The second-order valence-electron chi connectivity index (χ2n) is 8.22. The number of urea groups is 1. The minimum Gasteiger partial charge on any atom is -0.495 e.